The van der Waals surface area contributed by atoms with Gasteiger partial charge in [0, 0.05) is 18.8 Å². The normalized spacial score (nSPS) is 11.6. The second-order valence-electron chi connectivity index (χ2n) is 4.68. The Morgan fingerprint density at radius 3 is 2.43 bits per heavy atom. The molecule has 0 spiro atoms. The number of carbonyl (C=O) groups excluding carboxylic acids is 2. The summed E-state index contributed by atoms with van der Waals surface area (Å²) in [5.41, 5.74) is 0.673. The van der Waals surface area contributed by atoms with E-state index in [1.807, 2.05) is 6.07 Å². The predicted octanol–water partition coefficient (Wildman–Crippen LogP) is 2.86. The molecular formula is C15H14N2O5S. The summed E-state index contributed by atoms with van der Waals surface area (Å²) in [6.07, 6.45) is -1.01. The zero-order valence-electron chi connectivity index (χ0n) is 12.5. The summed E-state index contributed by atoms with van der Waals surface area (Å²) < 4.78 is 5.09. The monoisotopic (exact) mass is 334 g/mol. The standard InChI is InChI=1S/C15H14N2O5S/c1-10(14(18)16(2)11-6-4-3-5-7-11)22-15(19)12-8-9-13(23-12)17(20)21/h3-10H,1-2H3. The van der Waals surface area contributed by atoms with Crippen LogP contribution >= 0.6 is 11.3 Å². The van der Waals surface area contributed by atoms with Crippen molar-refractivity contribution in [3.63, 3.8) is 0 Å². The van der Waals surface area contributed by atoms with Gasteiger partial charge in [-0.2, -0.15) is 0 Å². The van der Waals surface area contributed by atoms with Crippen molar-refractivity contribution in [3.8, 4) is 0 Å². The van der Waals surface area contributed by atoms with Crippen molar-refractivity contribution >= 4 is 33.9 Å². The van der Waals surface area contributed by atoms with Crippen LogP contribution in [0.2, 0.25) is 0 Å². The molecule has 1 aromatic heterocycles. The molecule has 1 atom stereocenters. The summed E-state index contributed by atoms with van der Waals surface area (Å²) in [5, 5.41) is 10.5. The van der Waals surface area contributed by atoms with E-state index in [1.165, 1.54) is 24.0 Å². The first-order valence-electron chi connectivity index (χ1n) is 6.68. The highest BCUT2D eigenvalue weighted by atomic mass is 32.1. The predicted molar refractivity (Wildman–Crippen MR) is 85.7 cm³/mol. The number of ether oxygens (including phenoxy) is 1. The Hall–Kier alpha value is -2.74. The van der Waals surface area contributed by atoms with E-state index in [4.69, 9.17) is 4.74 Å². The van der Waals surface area contributed by atoms with Gasteiger partial charge >= 0.3 is 11.0 Å². The Bertz CT molecular complexity index is 728. The third-order valence-corrected chi connectivity index (χ3v) is 4.10. The number of nitrogens with zero attached hydrogens (tertiary/aromatic N) is 2. The van der Waals surface area contributed by atoms with Crippen molar-refractivity contribution in [2.24, 2.45) is 0 Å². The lowest BCUT2D eigenvalue weighted by atomic mass is 10.2. The number of nitro groups is 1. The van der Waals surface area contributed by atoms with Crippen LogP contribution in [0.1, 0.15) is 16.6 Å². The highest BCUT2D eigenvalue weighted by Crippen LogP contribution is 2.25. The third kappa shape index (κ3) is 3.92. The molecule has 1 heterocycles. The Morgan fingerprint density at radius 1 is 1.22 bits per heavy atom. The van der Waals surface area contributed by atoms with Gasteiger partial charge in [-0.1, -0.05) is 29.5 Å². The second kappa shape index (κ2) is 7.01. The number of carbonyl (C=O) groups is 2. The van der Waals surface area contributed by atoms with E-state index in [0.717, 1.165) is 0 Å². The lowest BCUT2D eigenvalue weighted by Crippen LogP contribution is -2.37. The molecule has 23 heavy (non-hydrogen) atoms. The minimum absolute atomic E-state index is 0.0821. The molecule has 0 radical (unpaired) electrons. The van der Waals surface area contributed by atoms with E-state index < -0.39 is 22.9 Å². The molecule has 8 heteroatoms. The summed E-state index contributed by atoms with van der Waals surface area (Å²) in [4.78, 5) is 35.7. The molecule has 0 aliphatic carbocycles. The molecule has 120 valence electrons. The van der Waals surface area contributed by atoms with Gasteiger partial charge in [-0.05, 0) is 25.1 Å². The molecule has 0 bridgehead atoms. The molecule has 0 fully saturated rings. The summed E-state index contributed by atoms with van der Waals surface area (Å²) in [7, 11) is 1.58. The molecule has 1 unspecified atom stereocenters. The molecular weight excluding hydrogens is 320 g/mol. The van der Waals surface area contributed by atoms with E-state index in [2.05, 4.69) is 0 Å². The Kier molecular flexibility index (Phi) is 5.07. The number of esters is 1. The van der Waals surface area contributed by atoms with Gasteiger partial charge in [0.25, 0.3) is 5.91 Å². The minimum Gasteiger partial charge on any atom is -0.448 e. The van der Waals surface area contributed by atoms with Gasteiger partial charge in [0.05, 0.1) is 4.92 Å². The maximum Gasteiger partial charge on any atom is 0.349 e. The smallest absolute Gasteiger partial charge is 0.349 e. The molecule has 7 nitrogen and oxygen atoms in total. The highest BCUT2D eigenvalue weighted by Gasteiger charge is 2.24. The Balaban J connectivity index is 2.02. The van der Waals surface area contributed by atoms with E-state index in [0.29, 0.717) is 17.0 Å². The van der Waals surface area contributed by atoms with Crippen molar-refractivity contribution < 1.29 is 19.2 Å². The van der Waals surface area contributed by atoms with E-state index in [-0.39, 0.29) is 9.88 Å². The Morgan fingerprint density at radius 2 is 1.87 bits per heavy atom. The topological polar surface area (TPSA) is 89.7 Å². The minimum atomic E-state index is -1.01. The first-order chi connectivity index (χ1) is 10.9. The van der Waals surface area contributed by atoms with Gasteiger partial charge in [0.1, 0.15) is 4.88 Å². The van der Waals surface area contributed by atoms with Gasteiger partial charge in [-0.15, -0.1) is 0 Å². The number of amides is 1. The largest absolute Gasteiger partial charge is 0.448 e. The van der Waals surface area contributed by atoms with Gasteiger partial charge in [-0.25, -0.2) is 4.79 Å². The number of hydrogen-bond acceptors (Lipinski definition) is 6. The van der Waals surface area contributed by atoms with Crippen LogP contribution in [0.25, 0.3) is 0 Å². The van der Waals surface area contributed by atoms with Crippen molar-refractivity contribution in [2.45, 2.75) is 13.0 Å². The van der Waals surface area contributed by atoms with Crippen LogP contribution < -0.4 is 4.90 Å². The molecule has 0 saturated heterocycles. The Labute approximate surface area is 136 Å². The van der Waals surface area contributed by atoms with Crippen LogP contribution in [0.15, 0.2) is 42.5 Å². The van der Waals surface area contributed by atoms with E-state index in [1.54, 1.807) is 31.3 Å². The van der Waals surface area contributed by atoms with Gasteiger partial charge in [0.2, 0.25) is 0 Å². The second-order valence-corrected chi connectivity index (χ2v) is 5.74. The molecule has 0 saturated carbocycles. The van der Waals surface area contributed by atoms with Crippen molar-refractivity contribution in [3.05, 3.63) is 57.5 Å². The van der Waals surface area contributed by atoms with Crippen LogP contribution in [0.5, 0.6) is 0 Å². The zero-order chi connectivity index (χ0) is 17.0. The molecule has 0 N–H and O–H groups in total. The van der Waals surface area contributed by atoms with Crippen LogP contribution in [-0.2, 0) is 9.53 Å². The first-order valence-corrected chi connectivity index (χ1v) is 7.49. The summed E-state index contributed by atoms with van der Waals surface area (Å²) in [6.45, 7) is 1.46. The van der Waals surface area contributed by atoms with Crippen LogP contribution in [-0.4, -0.2) is 30.0 Å². The summed E-state index contributed by atoms with van der Waals surface area (Å²) in [5.74, 6) is -1.15. The maximum atomic E-state index is 12.3. The van der Waals surface area contributed by atoms with Gasteiger partial charge in [0.15, 0.2) is 6.10 Å². The number of para-hydroxylation sites is 1. The average Bonchev–Trinajstić information content (AvgIpc) is 3.04. The number of anilines is 1. The van der Waals surface area contributed by atoms with Gasteiger partial charge < -0.3 is 9.64 Å². The fraction of sp³-hybridized carbons (Fsp3) is 0.200. The molecule has 1 amide bonds. The molecule has 0 aliphatic heterocycles. The van der Waals surface area contributed by atoms with Crippen molar-refractivity contribution in [1.82, 2.24) is 0 Å². The lowest BCUT2D eigenvalue weighted by Gasteiger charge is -2.21. The van der Waals surface area contributed by atoms with Gasteiger partial charge in [-0.3, -0.25) is 14.9 Å². The summed E-state index contributed by atoms with van der Waals surface area (Å²) in [6, 6.07) is 11.5. The van der Waals surface area contributed by atoms with Crippen LogP contribution in [0, 0.1) is 10.1 Å². The van der Waals surface area contributed by atoms with Crippen LogP contribution in [0.4, 0.5) is 10.7 Å². The third-order valence-electron chi connectivity index (χ3n) is 3.08. The van der Waals surface area contributed by atoms with Crippen molar-refractivity contribution in [2.75, 3.05) is 11.9 Å². The van der Waals surface area contributed by atoms with Crippen molar-refractivity contribution in [1.29, 1.82) is 0 Å². The quantitative estimate of drug-likeness (QED) is 0.476. The first kappa shape index (κ1) is 16.6. The number of hydrogen-bond donors (Lipinski definition) is 0. The van der Waals surface area contributed by atoms with E-state index in [9.17, 15) is 19.7 Å². The average molecular weight is 334 g/mol. The number of likely N-dealkylation sites (N-methyl/N-ethyl adjacent to an activating group) is 1. The van der Waals surface area contributed by atoms with E-state index >= 15 is 0 Å². The maximum absolute atomic E-state index is 12.3. The number of thiophene rings is 1. The van der Waals surface area contributed by atoms with Crippen LogP contribution in [0.3, 0.4) is 0 Å². The lowest BCUT2D eigenvalue weighted by molar-refractivity contribution is -0.380. The summed E-state index contributed by atoms with van der Waals surface area (Å²) >= 11 is 0.709. The fourth-order valence-electron chi connectivity index (χ4n) is 1.86. The molecule has 2 aromatic rings. The molecule has 0 aliphatic rings. The zero-order valence-corrected chi connectivity index (χ0v) is 13.3. The molecule has 2 rings (SSSR count). The number of rotatable bonds is 5. The fourth-order valence-corrected chi connectivity index (χ4v) is 2.56. The highest BCUT2D eigenvalue weighted by molar-refractivity contribution is 7.17. The number of benzene rings is 1. The SMILES string of the molecule is CC(OC(=O)c1ccc([N+](=O)[O-])s1)C(=O)N(C)c1ccccc1. The molecule has 1 aromatic carbocycles.